The van der Waals surface area contributed by atoms with Gasteiger partial charge in [-0.1, -0.05) is 31.9 Å². The van der Waals surface area contributed by atoms with Crippen molar-refractivity contribution < 1.29 is 9.72 Å². The van der Waals surface area contributed by atoms with Crippen LogP contribution in [0.15, 0.2) is 24.3 Å². The lowest BCUT2D eigenvalue weighted by atomic mass is 9.85. The quantitative estimate of drug-likeness (QED) is 0.474. The van der Waals surface area contributed by atoms with Gasteiger partial charge in [-0.05, 0) is 25.8 Å². The summed E-state index contributed by atoms with van der Waals surface area (Å²) in [4.78, 5) is 24.7. The molecule has 1 fully saturated rings. The molecule has 0 aliphatic heterocycles. The number of hydrogen-bond acceptors (Lipinski definition) is 4. The summed E-state index contributed by atoms with van der Waals surface area (Å²) in [6.45, 7) is 2.55. The third-order valence-electron chi connectivity index (χ3n) is 4.40. The van der Waals surface area contributed by atoms with E-state index in [1.165, 1.54) is 31.4 Å². The van der Waals surface area contributed by atoms with E-state index >= 15 is 0 Å². The van der Waals surface area contributed by atoms with Gasteiger partial charge in [-0.2, -0.15) is 0 Å². The van der Waals surface area contributed by atoms with Crippen molar-refractivity contribution >= 4 is 11.5 Å². The predicted octanol–water partition coefficient (Wildman–Crippen LogP) is 3.29. The number of rotatable bonds is 5. The van der Waals surface area contributed by atoms with Gasteiger partial charge < -0.3 is 0 Å². The molecule has 5 heteroatoms. The molecule has 0 saturated heterocycles. The van der Waals surface area contributed by atoms with Crippen LogP contribution in [0.2, 0.25) is 0 Å². The first-order chi connectivity index (χ1) is 9.99. The lowest BCUT2D eigenvalue weighted by Gasteiger charge is -2.35. The van der Waals surface area contributed by atoms with Gasteiger partial charge in [0.25, 0.3) is 5.69 Å². The normalized spacial score (nSPS) is 22.2. The summed E-state index contributed by atoms with van der Waals surface area (Å²) < 4.78 is 0. The number of likely N-dealkylation sites (N-methyl/N-ethyl adjacent to an activating group) is 1. The molecule has 2 atom stereocenters. The van der Waals surface area contributed by atoms with Crippen LogP contribution in [0.4, 0.5) is 5.69 Å². The molecule has 0 radical (unpaired) electrons. The smallest absolute Gasteiger partial charge is 0.270 e. The standard InChI is InChI=1S/C16H22N2O3/c1-12-6-3-4-9-15(12)17(2)11-16(19)13-7-5-8-14(10-13)18(20)21/h5,7-8,10,12,15H,3-4,6,9,11H2,1-2H3. The Morgan fingerprint density at radius 1 is 1.38 bits per heavy atom. The molecule has 1 aliphatic rings. The summed E-state index contributed by atoms with van der Waals surface area (Å²) >= 11 is 0. The molecule has 1 aromatic carbocycles. The fourth-order valence-electron chi connectivity index (χ4n) is 3.18. The molecule has 2 rings (SSSR count). The van der Waals surface area contributed by atoms with Crippen LogP contribution in [0.5, 0.6) is 0 Å². The van der Waals surface area contributed by atoms with Gasteiger partial charge in [0.05, 0.1) is 11.5 Å². The fourth-order valence-corrected chi connectivity index (χ4v) is 3.18. The zero-order valence-electron chi connectivity index (χ0n) is 12.6. The highest BCUT2D eigenvalue weighted by molar-refractivity contribution is 5.98. The molecule has 0 bridgehead atoms. The summed E-state index contributed by atoms with van der Waals surface area (Å²) in [7, 11) is 1.97. The minimum absolute atomic E-state index is 0.0328. The Morgan fingerprint density at radius 2 is 2.10 bits per heavy atom. The van der Waals surface area contributed by atoms with E-state index in [1.807, 2.05) is 7.05 Å². The van der Waals surface area contributed by atoms with Gasteiger partial charge in [0.2, 0.25) is 0 Å². The van der Waals surface area contributed by atoms with E-state index in [9.17, 15) is 14.9 Å². The third kappa shape index (κ3) is 3.88. The lowest BCUT2D eigenvalue weighted by Crippen LogP contribution is -2.41. The van der Waals surface area contributed by atoms with Crippen molar-refractivity contribution in [2.75, 3.05) is 13.6 Å². The SMILES string of the molecule is CC1CCCCC1N(C)CC(=O)c1cccc([N+](=O)[O-])c1. The maximum atomic E-state index is 12.3. The first-order valence-corrected chi connectivity index (χ1v) is 7.47. The number of carbonyl (C=O) groups excluding carboxylic acids is 1. The largest absolute Gasteiger partial charge is 0.296 e. The molecule has 21 heavy (non-hydrogen) atoms. The van der Waals surface area contributed by atoms with Crippen LogP contribution in [0.3, 0.4) is 0 Å². The second-order valence-corrected chi connectivity index (χ2v) is 5.97. The Hall–Kier alpha value is -1.75. The highest BCUT2D eigenvalue weighted by atomic mass is 16.6. The Labute approximate surface area is 125 Å². The molecule has 1 aliphatic carbocycles. The zero-order valence-corrected chi connectivity index (χ0v) is 12.6. The van der Waals surface area contributed by atoms with Gasteiger partial charge in [-0.15, -0.1) is 0 Å². The second kappa shape index (κ2) is 6.80. The van der Waals surface area contributed by atoms with E-state index in [-0.39, 0.29) is 11.5 Å². The topological polar surface area (TPSA) is 63.5 Å². The third-order valence-corrected chi connectivity index (χ3v) is 4.40. The van der Waals surface area contributed by atoms with Crippen molar-refractivity contribution in [3.05, 3.63) is 39.9 Å². The summed E-state index contributed by atoms with van der Waals surface area (Å²) in [5.74, 6) is 0.542. The number of non-ortho nitro benzene ring substituents is 1. The van der Waals surface area contributed by atoms with Gasteiger partial charge >= 0.3 is 0 Å². The zero-order chi connectivity index (χ0) is 15.4. The molecule has 0 heterocycles. The van der Waals surface area contributed by atoms with Crippen LogP contribution in [-0.4, -0.2) is 35.2 Å². The maximum absolute atomic E-state index is 12.3. The molecule has 2 unspecified atom stereocenters. The minimum Gasteiger partial charge on any atom is -0.296 e. The number of carbonyl (C=O) groups is 1. The van der Waals surface area contributed by atoms with E-state index in [0.29, 0.717) is 24.1 Å². The van der Waals surface area contributed by atoms with Crippen molar-refractivity contribution in [1.29, 1.82) is 0 Å². The summed E-state index contributed by atoms with van der Waals surface area (Å²) in [5, 5.41) is 10.8. The average molecular weight is 290 g/mol. The summed E-state index contributed by atoms with van der Waals surface area (Å²) in [6.07, 6.45) is 4.81. The molecule has 5 nitrogen and oxygen atoms in total. The van der Waals surface area contributed by atoms with Gasteiger partial charge in [-0.3, -0.25) is 19.8 Å². The first kappa shape index (κ1) is 15.6. The lowest BCUT2D eigenvalue weighted by molar-refractivity contribution is -0.384. The van der Waals surface area contributed by atoms with E-state index in [4.69, 9.17) is 0 Å². The molecule has 1 aromatic rings. The number of nitro benzene ring substituents is 1. The van der Waals surface area contributed by atoms with Crippen molar-refractivity contribution in [2.24, 2.45) is 5.92 Å². The molecule has 0 N–H and O–H groups in total. The van der Waals surface area contributed by atoms with E-state index < -0.39 is 4.92 Å². The van der Waals surface area contributed by atoms with Crippen molar-refractivity contribution in [2.45, 2.75) is 38.6 Å². The highest BCUT2D eigenvalue weighted by Crippen LogP contribution is 2.27. The van der Waals surface area contributed by atoms with E-state index in [2.05, 4.69) is 11.8 Å². The van der Waals surface area contributed by atoms with Crippen molar-refractivity contribution in [1.82, 2.24) is 4.90 Å². The molecule has 0 aromatic heterocycles. The second-order valence-electron chi connectivity index (χ2n) is 5.97. The number of nitrogens with zero attached hydrogens (tertiary/aromatic N) is 2. The summed E-state index contributed by atoms with van der Waals surface area (Å²) in [5.41, 5.74) is 0.383. The molecule has 114 valence electrons. The minimum atomic E-state index is -0.469. The van der Waals surface area contributed by atoms with Crippen LogP contribution in [0, 0.1) is 16.0 Å². The fraction of sp³-hybridized carbons (Fsp3) is 0.562. The molecule has 1 saturated carbocycles. The molecular formula is C16H22N2O3. The van der Waals surface area contributed by atoms with Crippen LogP contribution in [-0.2, 0) is 0 Å². The average Bonchev–Trinajstić information content (AvgIpc) is 2.47. The van der Waals surface area contributed by atoms with Gasteiger partial charge in [0, 0.05) is 23.7 Å². The van der Waals surface area contributed by atoms with E-state index in [0.717, 1.165) is 6.42 Å². The Bertz CT molecular complexity index is 530. The Morgan fingerprint density at radius 3 is 2.76 bits per heavy atom. The van der Waals surface area contributed by atoms with Crippen LogP contribution in [0.25, 0.3) is 0 Å². The van der Waals surface area contributed by atoms with Crippen LogP contribution >= 0.6 is 0 Å². The maximum Gasteiger partial charge on any atom is 0.270 e. The number of benzene rings is 1. The molecule has 0 spiro atoms. The number of Topliss-reactive ketones (excluding diaryl/α,β-unsaturated/α-hetero) is 1. The number of hydrogen-bond donors (Lipinski definition) is 0. The first-order valence-electron chi connectivity index (χ1n) is 7.47. The summed E-state index contributed by atoms with van der Waals surface area (Å²) in [6, 6.07) is 6.41. The molecular weight excluding hydrogens is 268 g/mol. The number of nitro groups is 1. The van der Waals surface area contributed by atoms with Crippen molar-refractivity contribution in [3.63, 3.8) is 0 Å². The number of ketones is 1. The van der Waals surface area contributed by atoms with Crippen molar-refractivity contribution in [3.8, 4) is 0 Å². The van der Waals surface area contributed by atoms with Crippen LogP contribution in [0.1, 0.15) is 43.0 Å². The Kier molecular flexibility index (Phi) is 5.07. The van der Waals surface area contributed by atoms with Gasteiger partial charge in [0.15, 0.2) is 5.78 Å². The van der Waals surface area contributed by atoms with Gasteiger partial charge in [0.1, 0.15) is 0 Å². The van der Waals surface area contributed by atoms with Crippen LogP contribution < -0.4 is 0 Å². The van der Waals surface area contributed by atoms with E-state index in [1.54, 1.807) is 12.1 Å². The molecule has 0 amide bonds. The predicted molar refractivity (Wildman–Crippen MR) is 81.5 cm³/mol. The monoisotopic (exact) mass is 290 g/mol. The highest BCUT2D eigenvalue weighted by Gasteiger charge is 2.26. The van der Waals surface area contributed by atoms with Gasteiger partial charge in [-0.25, -0.2) is 0 Å². The Balaban J connectivity index is 2.03.